The maximum absolute atomic E-state index is 11.5. The van der Waals surface area contributed by atoms with E-state index >= 15 is 0 Å². The Morgan fingerprint density at radius 3 is 2.76 bits per heavy atom. The fraction of sp³-hybridized carbons (Fsp3) is 0.462. The van der Waals surface area contributed by atoms with Gasteiger partial charge in [0.2, 0.25) is 5.91 Å². The Morgan fingerprint density at radius 2 is 2.06 bits per heavy atom. The molecule has 1 rings (SSSR count). The number of aryl methyl sites for hydroxylation is 1. The standard InChI is InChI=1S/C13H20N2O2/c1-14-9-10-15-13(16)8-7-11-5-3-4-6-12(11)17-2/h3-6,14H,7-10H2,1-2H3,(H,15,16). The highest BCUT2D eigenvalue weighted by atomic mass is 16.5. The summed E-state index contributed by atoms with van der Waals surface area (Å²) in [5, 5.41) is 5.83. The van der Waals surface area contributed by atoms with Crippen molar-refractivity contribution in [3.05, 3.63) is 29.8 Å². The molecule has 0 bridgehead atoms. The molecule has 0 fully saturated rings. The normalized spacial score (nSPS) is 10.0. The van der Waals surface area contributed by atoms with Crippen LogP contribution in [0.1, 0.15) is 12.0 Å². The Morgan fingerprint density at radius 1 is 1.29 bits per heavy atom. The van der Waals surface area contributed by atoms with Gasteiger partial charge in [-0.25, -0.2) is 0 Å². The van der Waals surface area contributed by atoms with E-state index in [0.717, 1.165) is 17.9 Å². The highest BCUT2D eigenvalue weighted by Crippen LogP contribution is 2.18. The highest BCUT2D eigenvalue weighted by Gasteiger charge is 2.05. The van der Waals surface area contributed by atoms with Crippen molar-refractivity contribution >= 4 is 5.91 Å². The third-order valence-corrected chi connectivity index (χ3v) is 2.51. The zero-order chi connectivity index (χ0) is 12.5. The van der Waals surface area contributed by atoms with E-state index in [4.69, 9.17) is 4.74 Å². The van der Waals surface area contributed by atoms with Crippen LogP contribution in [0.25, 0.3) is 0 Å². The molecule has 0 unspecified atom stereocenters. The molecule has 4 nitrogen and oxygen atoms in total. The van der Waals surface area contributed by atoms with Crippen LogP contribution in [-0.4, -0.2) is 33.2 Å². The number of hydrogen-bond acceptors (Lipinski definition) is 3. The van der Waals surface area contributed by atoms with Crippen molar-refractivity contribution in [2.45, 2.75) is 12.8 Å². The van der Waals surface area contributed by atoms with E-state index in [1.54, 1.807) is 7.11 Å². The molecule has 0 radical (unpaired) electrons. The highest BCUT2D eigenvalue weighted by molar-refractivity contribution is 5.76. The van der Waals surface area contributed by atoms with Gasteiger partial charge in [0.05, 0.1) is 7.11 Å². The third kappa shape index (κ3) is 4.87. The monoisotopic (exact) mass is 236 g/mol. The summed E-state index contributed by atoms with van der Waals surface area (Å²) >= 11 is 0. The molecule has 0 spiro atoms. The van der Waals surface area contributed by atoms with Crippen molar-refractivity contribution in [2.75, 3.05) is 27.2 Å². The molecule has 2 N–H and O–H groups in total. The van der Waals surface area contributed by atoms with Gasteiger partial charge in [0.1, 0.15) is 5.75 Å². The first kappa shape index (κ1) is 13.5. The van der Waals surface area contributed by atoms with Crippen molar-refractivity contribution in [1.82, 2.24) is 10.6 Å². The smallest absolute Gasteiger partial charge is 0.220 e. The van der Waals surface area contributed by atoms with Crippen LogP contribution in [0.4, 0.5) is 0 Å². The number of hydrogen-bond donors (Lipinski definition) is 2. The zero-order valence-corrected chi connectivity index (χ0v) is 10.5. The molecular weight excluding hydrogens is 216 g/mol. The predicted octanol–water partition coefficient (Wildman–Crippen LogP) is 0.963. The zero-order valence-electron chi connectivity index (χ0n) is 10.5. The first-order valence-electron chi connectivity index (χ1n) is 5.81. The molecule has 0 aliphatic carbocycles. The van der Waals surface area contributed by atoms with E-state index < -0.39 is 0 Å². The van der Waals surface area contributed by atoms with Crippen LogP contribution >= 0.6 is 0 Å². The first-order chi connectivity index (χ1) is 8.27. The number of likely N-dealkylation sites (N-methyl/N-ethyl adjacent to an activating group) is 1. The molecule has 4 heteroatoms. The first-order valence-corrected chi connectivity index (χ1v) is 5.81. The lowest BCUT2D eigenvalue weighted by Crippen LogP contribution is -2.30. The van der Waals surface area contributed by atoms with Crippen LogP contribution in [0.2, 0.25) is 0 Å². The number of ether oxygens (including phenoxy) is 1. The lowest BCUT2D eigenvalue weighted by atomic mass is 10.1. The molecule has 94 valence electrons. The van der Waals surface area contributed by atoms with E-state index in [1.807, 2.05) is 31.3 Å². The Labute approximate surface area is 102 Å². The number of benzene rings is 1. The predicted molar refractivity (Wildman–Crippen MR) is 68.3 cm³/mol. The lowest BCUT2D eigenvalue weighted by Gasteiger charge is -2.08. The average Bonchev–Trinajstić information content (AvgIpc) is 2.37. The quantitative estimate of drug-likeness (QED) is 0.693. The second-order valence-electron chi connectivity index (χ2n) is 3.77. The Balaban J connectivity index is 2.36. The van der Waals surface area contributed by atoms with Crippen LogP contribution in [-0.2, 0) is 11.2 Å². The molecule has 0 saturated carbocycles. The molecule has 0 aliphatic rings. The summed E-state index contributed by atoms with van der Waals surface area (Å²) in [6.07, 6.45) is 1.19. The summed E-state index contributed by atoms with van der Waals surface area (Å²) < 4.78 is 5.23. The molecule has 0 aliphatic heterocycles. The molecule has 0 aromatic heterocycles. The minimum Gasteiger partial charge on any atom is -0.496 e. The fourth-order valence-corrected chi connectivity index (χ4v) is 1.57. The van der Waals surface area contributed by atoms with Gasteiger partial charge in [-0.15, -0.1) is 0 Å². The molecule has 0 atom stereocenters. The van der Waals surface area contributed by atoms with Gasteiger partial charge in [0.15, 0.2) is 0 Å². The van der Waals surface area contributed by atoms with E-state index in [0.29, 0.717) is 19.4 Å². The maximum Gasteiger partial charge on any atom is 0.220 e. The average molecular weight is 236 g/mol. The fourth-order valence-electron chi connectivity index (χ4n) is 1.57. The summed E-state index contributed by atoms with van der Waals surface area (Å²) in [5.74, 6) is 0.918. The number of para-hydroxylation sites is 1. The molecule has 1 aromatic rings. The lowest BCUT2D eigenvalue weighted by molar-refractivity contribution is -0.121. The second kappa shape index (κ2) is 7.68. The van der Waals surface area contributed by atoms with E-state index in [2.05, 4.69) is 10.6 Å². The van der Waals surface area contributed by atoms with Gasteiger partial charge in [-0.3, -0.25) is 4.79 Å². The minimum atomic E-state index is 0.0751. The van der Waals surface area contributed by atoms with Crippen LogP contribution in [0, 0.1) is 0 Å². The van der Waals surface area contributed by atoms with Crippen molar-refractivity contribution in [1.29, 1.82) is 0 Å². The summed E-state index contributed by atoms with van der Waals surface area (Å²) in [5.41, 5.74) is 1.07. The third-order valence-electron chi connectivity index (χ3n) is 2.51. The Bertz CT molecular complexity index is 353. The van der Waals surface area contributed by atoms with Gasteiger partial charge in [0.25, 0.3) is 0 Å². The van der Waals surface area contributed by atoms with Gasteiger partial charge in [-0.2, -0.15) is 0 Å². The van der Waals surface area contributed by atoms with Crippen molar-refractivity contribution < 1.29 is 9.53 Å². The minimum absolute atomic E-state index is 0.0751. The van der Waals surface area contributed by atoms with Crippen molar-refractivity contribution in [3.8, 4) is 5.75 Å². The Hall–Kier alpha value is -1.55. The van der Waals surface area contributed by atoms with E-state index in [9.17, 15) is 4.79 Å². The Kier molecular flexibility index (Phi) is 6.10. The number of amides is 1. The SMILES string of the molecule is CNCCNC(=O)CCc1ccccc1OC. The molecule has 0 heterocycles. The van der Waals surface area contributed by atoms with Crippen LogP contribution < -0.4 is 15.4 Å². The molecule has 1 amide bonds. The topological polar surface area (TPSA) is 50.4 Å². The van der Waals surface area contributed by atoms with Gasteiger partial charge >= 0.3 is 0 Å². The number of rotatable bonds is 7. The maximum atomic E-state index is 11.5. The summed E-state index contributed by atoms with van der Waals surface area (Å²) in [6.45, 7) is 1.46. The van der Waals surface area contributed by atoms with Gasteiger partial charge in [-0.05, 0) is 25.1 Å². The van der Waals surface area contributed by atoms with Crippen molar-refractivity contribution in [2.24, 2.45) is 0 Å². The van der Waals surface area contributed by atoms with Crippen LogP contribution in [0.3, 0.4) is 0 Å². The van der Waals surface area contributed by atoms with E-state index in [-0.39, 0.29) is 5.91 Å². The molecular formula is C13H20N2O2. The second-order valence-corrected chi connectivity index (χ2v) is 3.77. The van der Waals surface area contributed by atoms with Gasteiger partial charge < -0.3 is 15.4 Å². The summed E-state index contributed by atoms with van der Waals surface area (Å²) in [6, 6.07) is 7.78. The number of methoxy groups -OCH3 is 1. The number of carbonyl (C=O) groups excluding carboxylic acids is 1. The molecule has 1 aromatic carbocycles. The van der Waals surface area contributed by atoms with Crippen molar-refractivity contribution in [3.63, 3.8) is 0 Å². The van der Waals surface area contributed by atoms with Crippen LogP contribution in [0.5, 0.6) is 5.75 Å². The van der Waals surface area contributed by atoms with E-state index in [1.165, 1.54) is 0 Å². The van der Waals surface area contributed by atoms with Gasteiger partial charge in [0, 0.05) is 19.5 Å². The number of nitrogens with one attached hydrogen (secondary N) is 2. The summed E-state index contributed by atoms with van der Waals surface area (Å²) in [4.78, 5) is 11.5. The number of carbonyl (C=O) groups is 1. The van der Waals surface area contributed by atoms with Gasteiger partial charge in [-0.1, -0.05) is 18.2 Å². The summed E-state index contributed by atoms with van der Waals surface area (Å²) in [7, 11) is 3.51. The molecule has 0 saturated heterocycles. The van der Waals surface area contributed by atoms with Crippen LogP contribution in [0.15, 0.2) is 24.3 Å². The molecule has 17 heavy (non-hydrogen) atoms. The largest absolute Gasteiger partial charge is 0.496 e.